The Morgan fingerprint density at radius 2 is 2.02 bits per heavy atom. The average molecular weight is 610 g/mol. The van der Waals surface area contributed by atoms with Gasteiger partial charge in [-0.2, -0.15) is 0 Å². The Hall–Kier alpha value is -2.46. The van der Waals surface area contributed by atoms with Crippen molar-refractivity contribution in [2.24, 2.45) is 23.0 Å². The molecule has 0 bridgehead atoms. The van der Waals surface area contributed by atoms with Crippen LogP contribution in [-0.4, -0.2) is 55.2 Å². The quantitative estimate of drug-likeness (QED) is 0.244. The number of fused-ring (bicyclic) bond motifs is 2. The Kier molecular flexibility index (Phi) is 9.53. The van der Waals surface area contributed by atoms with Gasteiger partial charge in [0.1, 0.15) is 12.8 Å². The van der Waals surface area contributed by atoms with E-state index in [-0.39, 0.29) is 52.9 Å². The number of benzene rings is 1. The maximum atomic E-state index is 14.1. The molecule has 1 aliphatic carbocycles. The molecular formula is C30H39Cl2FN4O4. The number of halogens is 3. The minimum atomic E-state index is -1.08. The molecule has 1 saturated carbocycles. The van der Waals surface area contributed by atoms with Crippen LogP contribution in [0.4, 0.5) is 10.1 Å². The molecule has 2 amide bonds. The predicted molar refractivity (Wildman–Crippen MR) is 158 cm³/mol. The second-order valence-corrected chi connectivity index (χ2v) is 13.4. The van der Waals surface area contributed by atoms with E-state index in [2.05, 4.69) is 36.7 Å². The monoisotopic (exact) mass is 608 g/mol. The van der Waals surface area contributed by atoms with Crippen molar-refractivity contribution >= 4 is 46.7 Å². The van der Waals surface area contributed by atoms with Crippen LogP contribution in [0.3, 0.4) is 0 Å². The number of anilines is 1. The van der Waals surface area contributed by atoms with Crippen LogP contribution in [0.5, 0.6) is 0 Å². The van der Waals surface area contributed by atoms with E-state index < -0.39 is 30.0 Å². The molecular weight excluding hydrogens is 570 g/mol. The number of esters is 1. The second-order valence-electron chi connectivity index (χ2n) is 12.5. The Morgan fingerprint density at radius 1 is 1.32 bits per heavy atom. The van der Waals surface area contributed by atoms with Gasteiger partial charge in [0.05, 0.1) is 18.0 Å². The molecule has 0 radical (unpaired) electrons. The number of amides is 2. The number of nitrogens with two attached hydrogens (primary N) is 1. The smallest absolute Gasteiger partial charge is 0.319 e. The van der Waals surface area contributed by atoms with E-state index in [0.29, 0.717) is 30.0 Å². The van der Waals surface area contributed by atoms with Crippen molar-refractivity contribution < 1.29 is 23.5 Å². The van der Waals surface area contributed by atoms with Gasteiger partial charge >= 0.3 is 5.97 Å². The summed E-state index contributed by atoms with van der Waals surface area (Å²) < 4.78 is 18.2. The van der Waals surface area contributed by atoms with Gasteiger partial charge < -0.3 is 26.4 Å². The van der Waals surface area contributed by atoms with Gasteiger partial charge in [-0.25, -0.2) is 4.39 Å². The van der Waals surface area contributed by atoms with E-state index >= 15 is 0 Å². The molecule has 2 aliphatic heterocycles. The molecule has 4 rings (SSSR count). The van der Waals surface area contributed by atoms with Crippen molar-refractivity contribution in [3.63, 3.8) is 0 Å². The Balaban J connectivity index is 1.72. The van der Waals surface area contributed by atoms with Crippen molar-refractivity contribution in [2.75, 3.05) is 18.5 Å². The predicted octanol–water partition coefficient (Wildman–Crippen LogP) is 4.36. The SMILES string of the molecule is CC(/C=C\C=C(\Cl)CF)[C@H]1[C@H](C(=O)NC2CC(OC(=O)CN)C2)N[C@H](CC(C)(C)C)[C@]12C(=O)Nc1cc(Cl)ccc12. The van der Waals surface area contributed by atoms with Gasteiger partial charge in [-0.05, 0) is 41.5 Å². The van der Waals surface area contributed by atoms with Crippen molar-refractivity contribution in [3.8, 4) is 0 Å². The van der Waals surface area contributed by atoms with Crippen molar-refractivity contribution in [3.05, 3.63) is 52.0 Å². The van der Waals surface area contributed by atoms with Crippen LogP contribution in [0, 0.1) is 17.3 Å². The number of allylic oxidation sites excluding steroid dienone is 4. The van der Waals surface area contributed by atoms with Crippen LogP contribution in [0.25, 0.3) is 0 Å². The summed E-state index contributed by atoms with van der Waals surface area (Å²) in [5.41, 5.74) is 5.52. The lowest BCUT2D eigenvalue weighted by Crippen LogP contribution is -2.55. The standard InChI is InChI=1S/C30H39Cl2FN4O4/c1-16(6-5-7-18(32)14-33)25-26(27(39)35-19-11-20(12-19)41-24(38)15-34)37-23(13-29(2,3)4)30(25)21-9-8-17(31)10-22(21)36-28(30)40/h5-10,16,19-20,23,25-26,37H,11-15,34H2,1-4H3,(H,35,39)(H,36,40)/b6-5-,18-7+/t16?,19?,20?,23-,25+,26-,30+/m1/s1. The molecule has 1 aromatic rings. The summed E-state index contributed by atoms with van der Waals surface area (Å²) in [6.45, 7) is 7.28. The lowest BCUT2D eigenvalue weighted by molar-refractivity contribution is -0.152. The summed E-state index contributed by atoms with van der Waals surface area (Å²) in [7, 11) is 0. The summed E-state index contributed by atoms with van der Waals surface area (Å²) in [5.74, 6) is -1.69. The third-order valence-corrected chi connectivity index (χ3v) is 8.72. The lowest BCUT2D eigenvalue weighted by Gasteiger charge is -2.39. The van der Waals surface area contributed by atoms with Gasteiger partial charge in [0.25, 0.3) is 0 Å². The van der Waals surface area contributed by atoms with Crippen LogP contribution in [-0.2, 0) is 24.5 Å². The lowest BCUT2D eigenvalue weighted by atomic mass is 9.61. The highest BCUT2D eigenvalue weighted by molar-refractivity contribution is 6.31. The molecule has 224 valence electrons. The first-order chi connectivity index (χ1) is 19.3. The third-order valence-electron chi connectivity index (χ3n) is 8.26. The van der Waals surface area contributed by atoms with E-state index in [9.17, 15) is 18.8 Å². The Labute approximate surface area is 250 Å². The maximum absolute atomic E-state index is 14.1. The van der Waals surface area contributed by atoms with E-state index in [0.717, 1.165) is 5.56 Å². The van der Waals surface area contributed by atoms with Crippen LogP contribution >= 0.6 is 23.2 Å². The fraction of sp³-hybridized carbons (Fsp3) is 0.567. The maximum Gasteiger partial charge on any atom is 0.319 e. The van der Waals surface area contributed by atoms with Crippen molar-refractivity contribution in [1.29, 1.82) is 0 Å². The van der Waals surface area contributed by atoms with E-state index in [1.165, 1.54) is 6.08 Å². The first kappa shape index (κ1) is 31.5. The second kappa shape index (κ2) is 12.4. The summed E-state index contributed by atoms with van der Waals surface area (Å²) in [6, 6.07) is 4.12. The highest BCUT2D eigenvalue weighted by atomic mass is 35.5. The fourth-order valence-electron chi connectivity index (χ4n) is 6.55. The van der Waals surface area contributed by atoms with Gasteiger partial charge in [-0.3, -0.25) is 14.4 Å². The molecule has 1 unspecified atom stereocenters. The van der Waals surface area contributed by atoms with Gasteiger partial charge in [-0.15, -0.1) is 0 Å². The van der Waals surface area contributed by atoms with Crippen LogP contribution in [0.1, 0.15) is 52.5 Å². The minimum absolute atomic E-state index is 0.0566. The van der Waals surface area contributed by atoms with Crippen molar-refractivity contribution in [1.82, 2.24) is 10.6 Å². The molecule has 2 fully saturated rings. The number of rotatable bonds is 9. The summed E-state index contributed by atoms with van der Waals surface area (Å²) >= 11 is 12.2. The molecule has 11 heteroatoms. The van der Waals surface area contributed by atoms with Gasteiger partial charge in [0.2, 0.25) is 11.8 Å². The third kappa shape index (κ3) is 6.48. The van der Waals surface area contributed by atoms with Gasteiger partial charge in [0, 0.05) is 46.6 Å². The fourth-order valence-corrected chi connectivity index (χ4v) is 6.79. The minimum Gasteiger partial charge on any atom is -0.461 e. The molecule has 3 aliphatic rings. The highest BCUT2D eigenvalue weighted by Gasteiger charge is 2.66. The molecule has 1 spiro atoms. The first-order valence-corrected chi connectivity index (χ1v) is 14.7. The zero-order valence-electron chi connectivity index (χ0n) is 23.8. The van der Waals surface area contributed by atoms with E-state index in [1.807, 2.05) is 19.1 Å². The molecule has 1 saturated heterocycles. The van der Waals surface area contributed by atoms with E-state index in [1.54, 1.807) is 18.2 Å². The highest BCUT2D eigenvalue weighted by Crippen LogP contribution is 2.55. The summed E-state index contributed by atoms with van der Waals surface area (Å²) in [5, 5.41) is 10.3. The Bertz CT molecular complexity index is 1240. The first-order valence-electron chi connectivity index (χ1n) is 14.0. The van der Waals surface area contributed by atoms with Crippen LogP contribution in [0.15, 0.2) is 41.5 Å². The topological polar surface area (TPSA) is 123 Å². The molecule has 8 nitrogen and oxygen atoms in total. The summed E-state index contributed by atoms with van der Waals surface area (Å²) in [4.78, 5) is 39.6. The number of ether oxygens (including phenoxy) is 1. The molecule has 5 N–H and O–H groups in total. The van der Waals surface area contributed by atoms with Gasteiger partial charge in [0.15, 0.2) is 0 Å². The summed E-state index contributed by atoms with van der Waals surface area (Å²) in [6.07, 6.45) is 6.34. The number of carbonyl (C=O) groups excluding carboxylic acids is 3. The van der Waals surface area contributed by atoms with Crippen LogP contribution < -0.4 is 21.7 Å². The number of alkyl halides is 1. The van der Waals surface area contributed by atoms with E-state index in [4.69, 9.17) is 33.7 Å². The zero-order valence-corrected chi connectivity index (χ0v) is 25.3. The molecule has 1 aromatic carbocycles. The van der Waals surface area contributed by atoms with Crippen LogP contribution in [0.2, 0.25) is 5.02 Å². The number of hydrogen-bond donors (Lipinski definition) is 4. The molecule has 0 aromatic heterocycles. The number of nitrogens with one attached hydrogen (secondary N) is 3. The zero-order chi connectivity index (χ0) is 30.1. The van der Waals surface area contributed by atoms with Gasteiger partial charge in [-0.1, -0.05) is 69.1 Å². The Morgan fingerprint density at radius 3 is 2.66 bits per heavy atom. The number of hydrogen-bond acceptors (Lipinski definition) is 6. The average Bonchev–Trinajstić information content (AvgIpc) is 3.35. The molecule has 5 atom stereocenters. The number of carbonyl (C=O) groups is 3. The largest absolute Gasteiger partial charge is 0.461 e. The van der Waals surface area contributed by atoms with Crippen molar-refractivity contribution in [2.45, 2.75) is 76.6 Å². The molecule has 2 heterocycles. The normalized spacial score (nSPS) is 30.2. The molecule has 41 heavy (non-hydrogen) atoms.